The normalized spacial score (nSPS) is 12.7. The Kier molecular flexibility index (Phi) is 7.56. The number of amides is 1. The molecule has 0 aliphatic rings. The number of benzene rings is 2. The third-order valence-electron chi connectivity index (χ3n) is 4.69. The smallest absolute Gasteiger partial charge is 0.251 e. The van der Waals surface area contributed by atoms with Crippen LogP contribution in [0.2, 0.25) is 0 Å². The summed E-state index contributed by atoms with van der Waals surface area (Å²) in [5.41, 5.74) is 1.70. The summed E-state index contributed by atoms with van der Waals surface area (Å²) in [5.74, 6) is -0.194. The molecule has 0 aromatic heterocycles. The van der Waals surface area contributed by atoms with Crippen molar-refractivity contribution in [1.82, 2.24) is 10.2 Å². The van der Waals surface area contributed by atoms with E-state index in [1.165, 1.54) is 17.7 Å². The number of nitrogens with zero attached hydrogens (tertiary/aromatic N) is 1. The molecule has 0 bridgehead atoms. The first-order valence-electron chi connectivity index (χ1n) is 9.21. The van der Waals surface area contributed by atoms with Crippen LogP contribution in [-0.4, -0.2) is 51.2 Å². The van der Waals surface area contributed by atoms with Gasteiger partial charge < -0.3 is 5.32 Å². The van der Waals surface area contributed by atoms with Gasteiger partial charge in [0.2, 0.25) is 0 Å². The minimum absolute atomic E-state index is 0.194. The molecule has 6 heteroatoms. The van der Waals surface area contributed by atoms with Gasteiger partial charge in [-0.25, -0.2) is 8.42 Å². The van der Waals surface area contributed by atoms with E-state index >= 15 is 0 Å². The van der Waals surface area contributed by atoms with Gasteiger partial charge in [0.05, 0.1) is 4.90 Å². The molecule has 0 saturated heterocycles. The molecule has 1 unspecified atom stereocenters. The summed E-state index contributed by atoms with van der Waals surface area (Å²) in [4.78, 5) is 15.0. The number of likely N-dealkylation sites (N-methyl/N-ethyl adjacent to an activating group) is 1. The van der Waals surface area contributed by atoms with E-state index in [4.69, 9.17) is 0 Å². The Hall–Kier alpha value is -2.18. The molecule has 0 radical (unpaired) electrons. The molecular formula is C21H28N2O3S. The Bertz CT molecular complexity index is 829. The first-order valence-corrected chi connectivity index (χ1v) is 11.1. The topological polar surface area (TPSA) is 66.5 Å². The summed E-state index contributed by atoms with van der Waals surface area (Å²) in [6.45, 7) is 6.59. The summed E-state index contributed by atoms with van der Waals surface area (Å²) >= 11 is 0. The monoisotopic (exact) mass is 388 g/mol. The number of hydrogen-bond acceptors (Lipinski definition) is 4. The fraction of sp³-hybridized carbons (Fsp3) is 0.381. The lowest BCUT2D eigenvalue weighted by atomic mass is 10.0. The average Bonchev–Trinajstić information content (AvgIpc) is 2.67. The maximum atomic E-state index is 12.5. The SMILES string of the molecule is CCN(CC)C(CNC(=O)c1ccc(S(C)(=O)=O)cc1)Cc1ccccc1. The van der Waals surface area contributed by atoms with Gasteiger partial charge in [0.15, 0.2) is 9.84 Å². The van der Waals surface area contributed by atoms with Gasteiger partial charge >= 0.3 is 0 Å². The number of carbonyl (C=O) groups excluding carboxylic acids is 1. The second-order valence-corrected chi connectivity index (χ2v) is 8.59. The van der Waals surface area contributed by atoms with Crippen molar-refractivity contribution in [2.24, 2.45) is 0 Å². The highest BCUT2D eigenvalue weighted by Crippen LogP contribution is 2.12. The molecule has 146 valence electrons. The van der Waals surface area contributed by atoms with Crippen molar-refractivity contribution in [3.8, 4) is 0 Å². The molecule has 5 nitrogen and oxygen atoms in total. The summed E-state index contributed by atoms with van der Waals surface area (Å²) < 4.78 is 23.1. The molecule has 2 aromatic carbocycles. The van der Waals surface area contributed by atoms with Crippen molar-refractivity contribution < 1.29 is 13.2 Å². The van der Waals surface area contributed by atoms with Gasteiger partial charge in [-0.05, 0) is 49.3 Å². The van der Waals surface area contributed by atoms with Crippen molar-refractivity contribution in [2.45, 2.75) is 31.2 Å². The lowest BCUT2D eigenvalue weighted by Gasteiger charge is -2.30. The minimum Gasteiger partial charge on any atom is -0.350 e. The van der Waals surface area contributed by atoms with Crippen LogP contribution >= 0.6 is 0 Å². The molecule has 0 fully saturated rings. The first kappa shape index (κ1) is 21.1. The number of rotatable bonds is 9. The van der Waals surface area contributed by atoms with Crippen LogP contribution in [0, 0.1) is 0 Å². The minimum atomic E-state index is -3.26. The molecule has 1 N–H and O–H groups in total. The number of nitrogens with one attached hydrogen (secondary N) is 1. The maximum Gasteiger partial charge on any atom is 0.251 e. The van der Waals surface area contributed by atoms with E-state index < -0.39 is 9.84 Å². The fourth-order valence-corrected chi connectivity index (χ4v) is 3.75. The molecule has 2 rings (SSSR count). The number of carbonyl (C=O) groups is 1. The van der Waals surface area contributed by atoms with Crippen molar-refractivity contribution in [2.75, 3.05) is 25.9 Å². The highest BCUT2D eigenvalue weighted by Gasteiger charge is 2.18. The second-order valence-electron chi connectivity index (χ2n) is 6.57. The lowest BCUT2D eigenvalue weighted by molar-refractivity contribution is 0.0934. The van der Waals surface area contributed by atoms with Crippen LogP contribution < -0.4 is 5.32 Å². The second kappa shape index (κ2) is 9.67. The van der Waals surface area contributed by atoms with Crippen LogP contribution in [0.15, 0.2) is 59.5 Å². The highest BCUT2D eigenvalue weighted by molar-refractivity contribution is 7.90. The molecular weight excluding hydrogens is 360 g/mol. The van der Waals surface area contributed by atoms with Gasteiger partial charge in [0.1, 0.15) is 0 Å². The van der Waals surface area contributed by atoms with Crippen molar-refractivity contribution >= 4 is 15.7 Å². The third kappa shape index (κ3) is 6.19. The van der Waals surface area contributed by atoms with E-state index in [0.29, 0.717) is 12.1 Å². The van der Waals surface area contributed by atoms with E-state index in [2.05, 4.69) is 36.2 Å². The zero-order chi connectivity index (χ0) is 19.9. The highest BCUT2D eigenvalue weighted by atomic mass is 32.2. The summed E-state index contributed by atoms with van der Waals surface area (Å²) in [5, 5.41) is 3.00. The molecule has 0 heterocycles. The Balaban J connectivity index is 2.05. The molecule has 0 aliphatic carbocycles. The van der Waals surface area contributed by atoms with Crippen LogP contribution in [0.3, 0.4) is 0 Å². The summed E-state index contributed by atoms with van der Waals surface area (Å²) in [6.07, 6.45) is 2.01. The van der Waals surface area contributed by atoms with Gasteiger partial charge in [0.25, 0.3) is 5.91 Å². The molecule has 1 atom stereocenters. The summed E-state index contributed by atoms with van der Waals surface area (Å²) in [7, 11) is -3.26. The molecule has 1 amide bonds. The van der Waals surface area contributed by atoms with E-state index in [1.54, 1.807) is 12.1 Å². The van der Waals surface area contributed by atoms with Gasteiger partial charge in [-0.3, -0.25) is 9.69 Å². The Labute approximate surface area is 162 Å². The molecule has 0 aliphatic heterocycles. The number of hydrogen-bond donors (Lipinski definition) is 1. The standard InChI is InChI=1S/C21H28N2O3S/c1-4-23(5-2)19(15-17-9-7-6-8-10-17)16-22-21(24)18-11-13-20(14-12-18)27(3,25)26/h6-14,19H,4-5,15-16H2,1-3H3,(H,22,24). The fourth-order valence-electron chi connectivity index (χ4n) is 3.12. The van der Waals surface area contributed by atoms with Gasteiger partial charge in [-0.1, -0.05) is 44.2 Å². The van der Waals surface area contributed by atoms with Crippen LogP contribution in [0.5, 0.6) is 0 Å². The first-order chi connectivity index (χ1) is 12.8. The lowest BCUT2D eigenvalue weighted by Crippen LogP contribution is -2.45. The predicted molar refractivity (Wildman–Crippen MR) is 109 cm³/mol. The molecule has 0 spiro atoms. The van der Waals surface area contributed by atoms with Gasteiger partial charge in [-0.15, -0.1) is 0 Å². The Morgan fingerprint density at radius 1 is 1.00 bits per heavy atom. The van der Waals surface area contributed by atoms with E-state index in [1.807, 2.05) is 18.2 Å². The number of sulfone groups is 1. The Morgan fingerprint density at radius 2 is 1.59 bits per heavy atom. The Morgan fingerprint density at radius 3 is 2.11 bits per heavy atom. The van der Waals surface area contributed by atoms with Crippen LogP contribution in [0.4, 0.5) is 0 Å². The molecule has 27 heavy (non-hydrogen) atoms. The van der Waals surface area contributed by atoms with Crippen molar-refractivity contribution in [3.63, 3.8) is 0 Å². The zero-order valence-corrected chi connectivity index (χ0v) is 17.0. The average molecular weight is 389 g/mol. The zero-order valence-electron chi connectivity index (χ0n) is 16.2. The van der Waals surface area contributed by atoms with Gasteiger partial charge in [-0.2, -0.15) is 0 Å². The maximum absolute atomic E-state index is 12.5. The van der Waals surface area contributed by atoms with Crippen LogP contribution in [0.1, 0.15) is 29.8 Å². The van der Waals surface area contributed by atoms with E-state index in [0.717, 1.165) is 25.8 Å². The van der Waals surface area contributed by atoms with Crippen LogP contribution in [-0.2, 0) is 16.3 Å². The van der Waals surface area contributed by atoms with Gasteiger partial charge in [0, 0.05) is 24.4 Å². The largest absolute Gasteiger partial charge is 0.350 e. The third-order valence-corrected chi connectivity index (χ3v) is 5.81. The predicted octanol–water partition coefficient (Wildman–Crippen LogP) is 2.77. The van der Waals surface area contributed by atoms with Crippen molar-refractivity contribution in [1.29, 1.82) is 0 Å². The van der Waals surface area contributed by atoms with E-state index in [-0.39, 0.29) is 16.8 Å². The van der Waals surface area contributed by atoms with Crippen LogP contribution in [0.25, 0.3) is 0 Å². The molecule has 0 saturated carbocycles. The van der Waals surface area contributed by atoms with Crippen molar-refractivity contribution in [3.05, 3.63) is 65.7 Å². The summed E-state index contributed by atoms with van der Waals surface area (Å²) in [6, 6.07) is 16.5. The van der Waals surface area contributed by atoms with E-state index in [9.17, 15) is 13.2 Å². The quantitative estimate of drug-likeness (QED) is 0.717. The molecule has 2 aromatic rings.